The lowest BCUT2D eigenvalue weighted by molar-refractivity contribution is -0.137. The Balaban J connectivity index is 2.26. The average molecular weight is 230 g/mol. The summed E-state index contributed by atoms with van der Waals surface area (Å²) in [5, 5.41) is 12.9. The molecule has 0 radical (unpaired) electrons. The van der Waals surface area contributed by atoms with Crippen LogP contribution in [0.25, 0.3) is 10.9 Å². The predicted octanol–water partition coefficient (Wildman–Crippen LogP) is 2.51. The third-order valence-corrected chi connectivity index (χ3v) is 2.53. The van der Waals surface area contributed by atoms with E-state index >= 15 is 0 Å². The highest BCUT2D eigenvalue weighted by Gasteiger charge is 2.08. The zero-order chi connectivity index (χ0) is 12.3. The second-order valence-electron chi connectivity index (χ2n) is 4.02. The van der Waals surface area contributed by atoms with Gasteiger partial charge >= 0.3 is 5.97 Å². The van der Waals surface area contributed by atoms with Crippen LogP contribution in [0.1, 0.15) is 13.3 Å². The minimum Gasteiger partial charge on any atom is -0.481 e. The van der Waals surface area contributed by atoms with Crippen molar-refractivity contribution in [3.05, 3.63) is 36.5 Å². The van der Waals surface area contributed by atoms with Gasteiger partial charge in [-0.25, -0.2) is 0 Å². The molecule has 1 heterocycles. The SMILES string of the molecule is CC(CC(=O)O)Nc1cccc2ncccc12. The van der Waals surface area contributed by atoms with Crippen LogP contribution < -0.4 is 5.32 Å². The van der Waals surface area contributed by atoms with Gasteiger partial charge in [-0.15, -0.1) is 0 Å². The molecule has 1 aromatic heterocycles. The van der Waals surface area contributed by atoms with Crippen LogP contribution in [0.15, 0.2) is 36.5 Å². The Bertz CT molecular complexity index is 534. The first kappa shape index (κ1) is 11.4. The Morgan fingerprint density at radius 1 is 1.41 bits per heavy atom. The van der Waals surface area contributed by atoms with E-state index in [0.717, 1.165) is 16.6 Å². The molecule has 4 nitrogen and oxygen atoms in total. The van der Waals surface area contributed by atoms with E-state index in [4.69, 9.17) is 5.11 Å². The van der Waals surface area contributed by atoms with E-state index in [1.807, 2.05) is 37.3 Å². The molecule has 2 N–H and O–H groups in total. The van der Waals surface area contributed by atoms with E-state index in [1.54, 1.807) is 6.20 Å². The van der Waals surface area contributed by atoms with Crippen LogP contribution in [0.2, 0.25) is 0 Å². The molecule has 0 saturated heterocycles. The van der Waals surface area contributed by atoms with Crippen LogP contribution in [-0.2, 0) is 4.79 Å². The van der Waals surface area contributed by atoms with E-state index in [9.17, 15) is 4.79 Å². The van der Waals surface area contributed by atoms with E-state index in [1.165, 1.54) is 0 Å². The fourth-order valence-corrected chi connectivity index (χ4v) is 1.81. The molecular weight excluding hydrogens is 216 g/mol. The zero-order valence-corrected chi connectivity index (χ0v) is 9.55. The van der Waals surface area contributed by atoms with Crippen LogP contribution in [0.4, 0.5) is 5.69 Å². The van der Waals surface area contributed by atoms with Crippen molar-refractivity contribution in [1.82, 2.24) is 4.98 Å². The van der Waals surface area contributed by atoms with Gasteiger partial charge in [0.05, 0.1) is 11.9 Å². The summed E-state index contributed by atoms with van der Waals surface area (Å²) in [6.45, 7) is 1.85. The first-order chi connectivity index (χ1) is 8.16. The highest BCUT2D eigenvalue weighted by atomic mass is 16.4. The highest BCUT2D eigenvalue weighted by Crippen LogP contribution is 2.22. The van der Waals surface area contributed by atoms with Gasteiger partial charge in [-0.05, 0) is 31.2 Å². The van der Waals surface area contributed by atoms with E-state index in [2.05, 4.69) is 10.3 Å². The summed E-state index contributed by atoms with van der Waals surface area (Å²) in [7, 11) is 0. The predicted molar refractivity (Wildman–Crippen MR) is 67.1 cm³/mol. The molecule has 1 unspecified atom stereocenters. The first-order valence-electron chi connectivity index (χ1n) is 5.49. The fourth-order valence-electron chi connectivity index (χ4n) is 1.81. The van der Waals surface area contributed by atoms with Crippen molar-refractivity contribution in [2.75, 3.05) is 5.32 Å². The van der Waals surface area contributed by atoms with Crippen LogP contribution in [0, 0.1) is 0 Å². The standard InChI is InChI=1S/C13H14N2O2/c1-9(8-13(16)17)15-12-6-2-5-11-10(12)4-3-7-14-11/h2-7,9,15H,8H2,1H3,(H,16,17). The average Bonchev–Trinajstić information content (AvgIpc) is 2.28. The van der Waals surface area contributed by atoms with Crippen molar-refractivity contribution in [2.45, 2.75) is 19.4 Å². The smallest absolute Gasteiger partial charge is 0.305 e. The van der Waals surface area contributed by atoms with Gasteiger partial charge in [0.25, 0.3) is 0 Å². The number of nitrogens with one attached hydrogen (secondary N) is 1. The van der Waals surface area contributed by atoms with Gasteiger partial charge in [-0.3, -0.25) is 9.78 Å². The molecule has 88 valence electrons. The van der Waals surface area contributed by atoms with Gasteiger partial charge in [0.1, 0.15) is 0 Å². The third-order valence-electron chi connectivity index (χ3n) is 2.53. The second kappa shape index (κ2) is 4.82. The summed E-state index contributed by atoms with van der Waals surface area (Å²) < 4.78 is 0. The van der Waals surface area contributed by atoms with Crippen molar-refractivity contribution >= 4 is 22.6 Å². The molecule has 2 aromatic rings. The number of carbonyl (C=O) groups is 1. The zero-order valence-electron chi connectivity index (χ0n) is 9.55. The maximum Gasteiger partial charge on any atom is 0.305 e. The lowest BCUT2D eigenvalue weighted by Crippen LogP contribution is -2.19. The number of aromatic nitrogens is 1. The van der Waals surface area contributed by atoms with Crippen LogP contribution in [0.5, 0.6) is 0 Å². The topological polar surface area (TPSA) is 62.2 Å². The quantitative estimate of drug-likeness (QED) is 0.847. The number of carboxylic acid groups (broad SMARTS) is 1. The van der Waals surface area contributed by atoms with Crippen molar-refractivity contribution in [2.24, 2.45) is 0 Å². The molecule has 0 fully saturated rings. The van der Waals surface area contributed by atoms with Gasteiger partial charge in [0.15, 0.2) is 0 Å². The number of pyridine rings is 1. The largest absolute Gasteiger partial charge is 0.481 e. The molecule has 0 aliphatic heterocycles. The van der Waals surface area contributed by atoms with Crippen LogP contribution in [-0.4, -0.2) is 22.1 Å². The molecule has 0 amide bonds. The Morgan fingerprint density at radius 3 is 3.00 bits per heavy atom. The Morgan fingerprint density at radius 2 is 2.24 bits per heavy atom. The third kappa shape index (κ3) is 2.72. The number of hydrogen-bond donors (Lipinski definition) is 2. The molecule has 1 aromatic carbocycles. The maximum absolute atomic E-state index is 10.6. The number of nitrogens with zero attached hydrogens (tertiary/aromatic N) is 1. The fraction of sp³-hybridized carbons (Fsp3) is 0.231. The minimum absolute atomic E-state index is 0.0939. The van der Waals surface area contributed by atoms with Gasteiger partial charge in [0, 0.05) is 23.3 Å². The molecule has 0 bridgehead atoms. The first-order valence-corrected chi connectivity index (χ1v) is 5.49. The van der Waals surface area contributed by atoms with Gasteiger partial charge in [-0.1, -0.05) is 6.07 Å². The van der Waals surface area contributed by atoms with Gasteiger partial charge in [-0.2, -0.15) is 0 Å². The normalized spacial score (nSPS) is 12.3. The van der Waals surface area contributed by atoms with Crippen LogP contribution in [0.3, 0.4) is 0 Å². The number of carboxylic acids is 1. The highest BCUT2D eigenvalue weighted by molar-refractivity contribution is 5.91. The monoisotopic (exact) mass is 230 g/mol. The maximum atomic E-state index is 10.6. The summed E-state index contributed by atoms with van der Waals surface area (Å²) in [6, 6.07) is 9.50. The van der Waals surface area contributed by atoms with Crippen molar-refractivity contribution in [3.8, 4) is 0 Å². The molecule has 4 heteroatoms. The molecule has 0 spiro atoms. The van der Waals surface area contributed by atoms with Crippen molar-refractivity contribution in [3.63, 3.8) is 0 Å². The molecule has 0 saturated carbocycles. The summed E-state index contributed by atoms with van der Waals surface area (Å²) in [6.07, 6.45) is 1.84. The Hall–Kier alpha value is -2.10. The van der Waals surface area contributed by atoms with E-state index in [0.29, 0.717) is 0 Å². The summed E-state index contributed by atoms with van der Waals surface area (Å²) >= 11 is 0. The number of anilines is 1. The number of hydrogen-bond acceptors (Lipinski definition) is 3. The van der Waals surface area contributed by atoms with Gasteiger partial charge < -0.3 is 10.4 Å². The molecule has 1 atom stereocenters. The number of rotatable bonds is 4. The molecular formula is C13H14N2O2. The number of aliphatic carboxylic acids is 1. The summed E-state index contributed by atoms with van der Waals surface area (Å²) in [5.74, 6) is -0.802. The Labute approximate surface area is 99.3 Å². The van der Waals surface area contributed by atoms with E-state index in [-0.39, 0.29) is 12.5 Å². The second-order valence-corrected chi connectivity index (χ2v) is 4.02. The lowest BCUT2D eigenvalue weighted by atomic mass is 10.1. The summed E-state index contributed by atoms with van der Waals surface area (Å²) in [5.41, 5.74) is 1.82. The number of benzene rings is 1. The van der Waals surface area contributed by atoms with Gasteiger partial charge in [0.2, 0.25) is 0 Å². The molecule has 2 rings (SSSR count). The minimum atomic E-state index is -0.802. The van der Waals surface area contributed by atoms with Crippen molar-refractivity contribution in [1.29, 1.82) is 0 Å². The Kier molecular flexibility index (Phi) is 3.23. The van der Waals surface area contributed by atoms with Crippen molar-refractivity contribution < 1.29 is 9.90 Å². The van der Waals surface area contributed by atoms with E-state index < -0.39 is 5.97 Å². The number of fused-ring (bicyclic) bond motifs is 1. The summed E-state index contributed by atoms with van der Waals surface area (Å²) in [4.78, 5) is 14.9. The molecule has 0 aliphatic rings. The van der Waals surface area contributed by atoms with Crippen LogP contribution >= 0.6 is 0 Å². The molecule has 0 aliphatic carbocycles. The lowest BCUT2D eigenvalue weighted by Gasteiger charge is -2.14. The molecule has 17 heavy (non-hydrogen) atoms.